The number of hydrogen-bond acceptors (Lipinski definition) is 3. The molecule has 3 nitrogen and oxygen atoms in total. The molecule has 0 amide bonds. The van der Waals surface area contributed by atoms with Crippen molar-refractivity contribution in [1.82, 2.24) is 10.2 Å². The van der Waals surface area contributed by atoms with Gasteiger partial charge in [-0.2, -0.15) is 0 Å². The third kappa shape index (κ3) is 3.18. The molecule has 0 aromatic carbocycles. The Bertz CT molecular complexity index is 108. The molecule has 3 heteroatoms. The van der Waals surface area contributed by atoms with E-state index in [4.69, 9.17) is 4.74 Å². The summed E-state index contributed by atoms with van der Waals surface area (Å²) in [6.07, 6.45) is 0. The van der Waals surface area contributed by atoms with Gasteiger partial charge in [0.05, 0.1) is 6.61 Å². The van der Waals surface area contributed by atoms with Gasteiger partial charge < -0.3 is 15.0 Å². The van der Waals surface area contributed by atoms with Crippen LogP contribution in [0.4, 0.5) is 0 Å². The fraction of sp³-hybridized carbons (Fsp3) is 1.00. The topological polar surface area (TPSA) is 24.5 Å². The van der Waals surface area contributed by atoms with Crippen molar-refractivity contribution in [2.75, 3.05) is 46.9 Å². The van der Waals surface area contributed by atoms with Crippen LogP contribution in [0.5, 0.6) is 0 Å². The van der Waals surface area contributed by atoms with Crippen molar-refractivity contribution in [2.45, 2.75) is 0 Å². The van der Waals surface area contributed by atoms with Crippen LogP contribution in [0, 0.1) is 5.92 Å². The molecule has 0 bridgehead atoms. The first-order valence-electron chi connectivity index (χ1n) is 4.21. The van der Waals surface area contributed by atoms with E-state index in [1.807, 2.05) is 0 Å². The fourth-order valence-corrected chi connectivity index (χ4v) is 1.52. The van der Waals surface area contributed by atoms with E-state index < -0.39 is 0 Å². The zero-order valence-corrected chi connectivity index (χ0v) is 7.47. The minimum Gasteiger partial charge on any atom is -0.384 e. The molecule has 0 aromatic rings. The summed E-state index contributed by atoms with van der Waals surface area (Å²) in [6.45, 7) is 5.38. The van der Waals surface area contributed by atoms with Crippen LogP contribution in [0.1, 0.15) is 0 Å². The van der Waals surface area contributed by atoms with Crippen molar-refractivity contribution in [3.8, 4) is 0 Å². The van der Waals surface area contributed by atoms with Crippen molar-refractivity contribution < 1.29 is 4.74 Å². The second-order valence-corrected chi connectivity index (χ2v) is 3.29. The first-order valence-corrected chi connectivity index (χ1v) is 4.21. The zero-order chi connectivity index (χ0) is 8.10. The van der Waals surface area contributed by atoms with Crippen LogP contribution in [0.2, 0.25) is 0 Å². The van der Waals surface area contributed by atoms with Crippen LogP contribution in [0.25, 0.3) is 0 Å². The zero-order valence-electron chi connectivity index (χ0n) is 7.47. The van der Waals surface area contributed by atoms with Crippen LogP contribution < -0.4 is 5.32 Å². The van der Waals surface area contributed by atoms with Gasteiger partial charge in [-0.15, -0.1) is 0 Å². The van der Waals surface area contributed by atoms with Crippen molar-refractivity contribution in [3.63, 3.8) is 0 Å². The predicted octanol–water partition coefficient (Wildman–Crippen LogP) is -0.216. The van der Waals surface area contributed by atoms with E-state index >= 15 is 0 Å². The van der Waals surface area contributed by atoms with Gasteiger partial charge in [0.15, 0.2) is 0 Å². The molecule has 11 heavy (non-hydrogen) atoms. The van der Waals surface area contributed by atoms with Crippen molar-refractivity contribution in [1.29, 1.82) is 0 Å². The Kier molecular flexibility index (Phi) is 3.83. The summed E-state index contributed by atoms with van der Waals surface area (Å²) < 4.78 is 5.12. The molecule has 0 spiro atoms. The summed E-state index contributed by atoms with van der Waals surface area (Å²) >= 11 is 0. The highest BCUT2D eigenvalue weighted by atomic mass is 16.5. The number of nitrogens with one attached hydrogen (secondary N) is 1. The van der Waals surface area contributed by atoms with Gasteiger partial charge in [-0.25, -0.2) is 0 Å². The Labute approximate surface area is 68.7 Å². The van der Waals surface area contributed by atoms with E-state index in [-0.39, 0.29) is 0 Å². The molecule has 1 aliphatic heterocycles. The Morgan fingerprint density at radius 1 is 1.64 bits per heavy atom. The van der Waals surface area contributed by atoms with Crippen LogP contribution in [0.3, 0.4) is 0 Å². The number of likely N-dealkylation sites (N-methyl/N-ethyl adjacent to an activating group) is 1. The number of rotatable bonds is 2. The van der Waals surface area contributed by atoms with Crippen LogP contribution in [-0.2, 0) is 4.74 Å². The lowest BCUT2D eigenvalue weighted by Crippen LogP contribution is -2.28. The molecule has 0 aliphatic carbocycles. The summed E-state index contributed by atoms with van der Waals surface area (Å²) in [4.78, 5) is 2.35. The third-order valence-electron chi connectivity index (χ3n) is 2.08. The normalized spacial score (nSPS) is 28.4. The molecule has 1 atom stereocenters. The van der Waals surface area contributed by atoms with Crippen molar-refractivity contribution in [3.05, 3.63) is 0 Å². The number of hydrogen-bond donors (Lipinski definition) is 1. The monoisotopic (exact) mass is 158 g/mol. The van der Waals surface area contributed by atoms with Gasteiger partial charge in [0, 0.05) is 39.2 Å². The molecule has 1 aliphatic rings. The maximum atomic E-state index is 5.12. The minimum absolute atomic E-state index is 0.660. The maximum absolute atomic E-state index is 5.12. The number of ether oxygens (including phenoxy) is 1. The highest BCUT2D eigenvalue weighted by Crippen LogP contribution is 2.01. The summed E-state index contributed by atoms with van der Waals surface area (Å²) in [5.74, 6) is 0.660. The molecule has 1 fully saturated rings. The molecule has 1 N–H and O–H groups in total. The van der Waals surface area contributed by atoms with E-state index in [0.29, 0.717) is 5.92 Å². The van der Waals surface area contributed by atoms with Gasteiger partial charge in [-0.1, -0.05) is 0 Å². The van der Waals surface area contributed by atoms with Gasteiger partial charge in [-0.3, -0.25) is 0 Å². The molecule has 0 aromatic heterocycles. The Balaban J connectivity index is 2.27. The van der Waals surface area contributed by atoms with Crippen molar-refractivity contribution >= 4 is 0 Å². The van der Waals surface area contributed by atoms with Gasteiger partial charge in [-0.05, 0) is 7.05 Å². The molecular formula is C8H18N2O. The molecule has 1 unspecified atom stereocenters. The van der Waals surface area contributed by atoms with E-state index in [9.17, 15) is 0 Å². The number of methoxy groups -OCH3 is 1. The largest absolute Gasteiger partial charge is 0.384 e. The standard InChI is InChI=1S/C8H18N2O/c1-10-4-3-9-5-8(6-10)7-11-2/h8-9H,3-7H2,1-2H3. The number of nitrogens with zero attached hydrogens (tertiary/aromatic N) is 1. The summed E-state index contributed by atoms with van der Waals surface area (Å²) in [6, 6.07) is 0. The van der Waals surface area contributed by atoms with Crippen LogP contribution >= 0.6 is 0 Å². The smallest absolute Gasteiger partial charge is 0.0514 e. The first-order chi connectivity index (χ1) is 5.33. The molecule has 66 valence electrons. The van der Waals surface area contributed by atoms with Gasteiger partial charge in [0.2, 0.25) is 0 Å². The summed E-state index contributed by atoms with van der Waals surface area (Å²) in [5, 5.41) is 3.39. The van der Waals surface area contributed by atoms with Crippen LogP contribution in [0.15, 0.2) is 0 Å². The van der Waals surface area contributed by atoms with Gasteiger partial charge in [0.1, 0.15) is 0 Å². The highest BCUT2D eigenvalue weighted by molar-refractivity contribution is 4.70. The first kappa shape index (κ1) is 8.97. The summed E-state index contributed by atoms with van der Waals surface area (Å²) in [5.41, 5.74) is 0. The quantitative estimate of drug-likeness (QED) is 0.601. The molecule has 1 heterocycles. The lowest BCUT2D eigenvalue weighted by atomic mass is 10.1. The van der Waals surface area contributed by atoms with Gasteiger partial charge in [0.25, 0.3) is 0 Å². The van der Waals surface area contributed by atoms with E-state index in [1.54, 1.807) is 7.11 Å². The molecule has 0 saturated carbocycles. The van der Waals surface area contributed by atoms with Crippen LogP contribution in [-0.4, -0.2) is 51.8 Å². The van der Waals surface area contributed by atoms with E-state index in [1.165, 1.54) is 0 Å². The lowest BCUT2D eigenvalue weighted by molar-refractivity contribution is 0.138. The second kappa shape index (κ2) is 4.70. The minimum atomic E-state index is 0.660. The van der Waals surface area contributed by atoms with Gasteiger partial charge >= 0.3 is 0 Å². The van der Waals surface area contributed by atoms with E-state index in [2.05, 4.69) is 17.3 Å². The lowest BCUT2D eigenvalue weighted by Gasteiger charge is -2.18. The Morgan fingerprint density at radius 2 is 2.45 bits per heavy atom. The molecule has 0 radical (unpaired) electrons. The molecular weight excluding hydrogens is 140 g/mol. The summed E-state index contributed by atoms with van der Waals surface area (Å²) in [7, 11) is 3.93. The van der Waals surface area contributed by atoms with Crippen molar-refractivity contribution in [2.24, 2.45) is 5.92 Å². The highest BCUT2D eigenvalue weighted by Gasteiger charge is 2.14. The predicted molar refractivity (Wildman–Crippen MR) is 45.7 cm³/mol. The van der Waals surface area contributed by atoms with E-state index in [0.717, 1.165) is 32.8 Å². The maximum Gasteiger partial charge on any atom is 0.0514 e. The molecule has 1 rings (SSSR count). The Morgan fingerprint density at radius 3 is 3.18 bits per heavy atom. The Hall–Kier alpha value is -0.120. The fourth-order valence-electron chi connectivity index (χ4n) is 1.52. The third-order valence-corrected chi connectivity index (χ3v) is 2.08. The molecule has 1 saturated heterocycles. The second-order valence-electron chi connectivity index (χ2n) is 3.29. The average Bonchev–Trinajstić information content (AvgIpc) is 2.15. The SMILES string of the molecule is COCC1CNCCN(C)C1. The average molecular weight is 158 g/mol.